The predicted octanol–water partition coefficient (Wildman–Crippen LogP) is 3.26. The summed E-state index contributed by atoms with van der Waals surface area (Å²) in [6, 6.07) is 3.64. The number of rotatable bonds is 10. The molecule has 0 spiro atoms. The summed E-state index contributed by atoms with van der Waals surface area (Å²) in [6.45, 7) is 0. The minimum atomic E-state index is -4.11. The predicted molar refractivity (Wildman–Crippen MR) is 94.0 cm³/mol. The minimum Gasteiger partial charge on any atom is -0.494 e. The van der Waals surface area contributed by atoms with Gasteiger partial charge in [-0.05, 0) is 6.07 Å². The number of benzene rings is 1. The number of nitro benzene ring substituents is 1. The number of non-ortho nitro benzene ring substituents is 1. The first-order valence-electron chi connectivity index (χ1n) is 6.81. The van der Waals surface area contributed by atoms with Crippen LogP contribution < -0.4 is 10.2 Å². The van der Waals surface area contributed by atoms with Gasteiger partial charge in [-0.1, -0.05) is 0 Å². The highest BCUT2D eigenvalue weighted by molar-refractivity contribution is 7.98. The lowest BCUT2D eigenvalue weighted by atomic mass is 10.2. The summed E-state index contributed by atoms with van der Waals surface area (Å²) in [7, 11) is -2.64. The first kappa shape index (κ1) is 22.2. The lowest BCUT2D eigenvalue weighted by Crippen LogP contribution is -2.10. The summed E-state index contributed by atoms with van der Waals surface area (Å²) in [4.78, 5) is 10.2. The van der Waals surface area contributed by atoms with Gasteiger partial charge in [0.2, 0.25) is 0 Å². The Bertz CT molecular complexity index is 739. The normalized spacial score (nSPS) is 11.7. The topological polar surface area (TPSA) is 148 Å². The number of ether oxygens (including phenoxy) is 1. The molecule has 0 bridgehead atoms. The molecular weight excluding hydrogens is 392 g/mol. The van der Waals surface area contributed by atoms with Crippen molar-refractivity contribution in [3.8, 4) is 5.75 Å². The SMILES string of the molecule is COc1cc([N+](=O)[O-])ccc1NN=C(P(=O)(OC)OC)P(=O)(OC)OC. The highest BCUT2D eigenvalue weighted by Gasteiger charge is 2.46. The van der Waals surface area contributed by atoms with Crippen LogP contribution in [0, 0.1) is 10.1 Å². The second-order valence-electron chi connectivity index (χ2n) is 4.39. The summed E-state index contributed by atoms with van der Waals surface area (Å²) >= 11 is 0. The molecule has 0 heterocycles. The third kappa shape index (κ3) is 4.67. The van der Waals surface area contributed by atoms with Crippen molar-refractivity contribution in [2.24, 2.45) is 5.10 Å². The fourth-order valence-electron chi connectivity index (χ4n) is 1.74. The molecule has 0 atom stereocenters. The van der Waals surface area contributed by atoms with Crippen molar-refractivity contribution in [3.63, 3.8) is 0 Å². The largest absolute Gasteiger partial charge is 0.494 e. The van der Waals surface area contributed by atoms with E-state index in [0.29, 0.717) is 0 Å². The molecule has 0 fully saturated rings. The van der Waals surface area contributed by atoms with Gasteiger partial charge in [0.25, 0.3) is 10.9 Å². The molecule has 1 rings (SSSR count). The first-order chi connectivity index (χ1) is 12.2. The summed E-state index contributed by atoms with van der Waals surface area (Å²) in [5.74, 6) is 0.0663. The number of anilines is 1. The molecule has 0 aliphatic rings. The molecule has 1 aromatic rings. The van der Waals surface area contributed by atoms with Crippen LogP contribution in [0.5, 0.6) is 5.75 Å². The molecule has 0 unspecified atom stereocenters. The zero-order valence-corrected chi connectivity index (χ0v) is 16.5. The Balaban J connectivity index is 3.42. The van der Waals surface area contributed by atoms with Crippen molar-refractivity contribution in [2.75, 3.05) is 41.0 Å². The third-order valence-corrected chi connectivity index (χ3v) is 7.70. The van der Waals surface area contributed by atoms with E-state index < -0.39 is 25.3 Å². The third-order valence-electron chi connectivity index (χ3n) is 3.12. The van der Waals surface area contributed by atoms with E-state index in [2.05, 4.69) is 10.5 Å². The number of nitrogens with one attached hydrogen (secondary N) is 1. The van der Waals surface area contributed by atoms with Crippen LogP contribution in [-0.4, -0.2) is 45.7 Å². The second kappa shape index (κ2) is 9.22. The maximum absolute atomic E-state index is 12.7. The molecule has 0 aliphatic carbocycles. The zero-order valence-electron chi connectivity index (χ0n) is 14.7. The highest BCUT2D eigenvalue weighted by Crippen LogP contribution is 2.65. The Morgan fingerprint density at radius 2 is 1.54 bits per heavy atom. The number of hydrogen-bond acceptors (Lipinski definition) is 11. The average molecular weight is 411 g/mol. The Hall–Kier alpha value is -1.81. The molecule has 0 amide bonds. The maximum atomic E-state index is 12.7. The summed E-state index contributed by atoms with van der Waals surface area (Å²) in [6.07, 6.45) is 0. The summed E-state index contributed by atoms with van der Waals surface area (Å²) in [5, 5.41) is 14.0. The zero-order chi connectivity index (χ0) is 20.0. The lowest BCUT2D eigenvalue weighted by molar-refractivity contribution is -0.384. The van der Waals surface area contributed by atoms with E-state index in [0.717, 1.165) is 34.5 Å². The number of nitro groups is 1. The molecule has 1 N–H and O–H groups in total. The fraction of sp³-hybridized carbons (Fsp3) is 0.417. The van der Waals surface area contributed by atoms with Gasteiger partial charge in [-0.25, -0.2) is 0 Å². The van der Waals surface area contributed by atoms with Crippen LogP contribution in [0.2, 0.25) is 0 Å². The average Bonchev–Trinajstić information content (AvgIpc) is 2.67. The van der Waals surface area contributed by atoms with Crippen LogP contribution in [0.4, 0.5) is 11.4 Å². The van der Waals surface area contributed by atoms with Gasteiger partial charge in [0, 0.05) is 34.5 Å². The number of nitrogens with zero attached hydrogens (tertiary/aromatic N) is 2. The first-order valence-corrected chi connectivity index (χ1v) is 9.90. The standard InChI is InChI=1S/C12H19N3O9P2/c1-20-11-8-9(15(16)17)6-7-10(11)13-14-12(25(18,21-2)22-3)26(19,23-4)24-5/h6-8,13H,1-5H3. The van der Waals surface area contributed by atoms with E-state index in [-0.39, 0.29) is 17.1 Å². The maximum Gasteiger partial charge on any atom is 0.389 e. The van der Waals surface area contributed by atoms with Crippen LogP contribution in [0.15, 0.2) is 23.3 Å². The van der Waals surface area contributed by atoms with E-state index >= 15 is 0 Å². The van der Waals surface area contributed by atoms with Gasteiger partial charge in [0.05, 0.1) is 23.8 Å². The smallest absolute Gasteiger partial charge is 0.389 e. The summed E-state index contributed by atoms with van der Waals surface area (Å²) in [5.41, 5.74) is 2.40. The summed E-state index contributed by atoms with van der Waals surface area (Å²) < 4.78 is 49.6. The van der Waals surface area contributed by atoms with E-state index in [1.165, 1.54) is 19.2 Å². The Labute approximate surface area is 149 Å². The van der Waals surface area contributed by atoms with Crippen molar-refractivity contribution >= 4 is 31.8 Å². The lowest BCUT2D eigenvalue weighted by Gasteiger charge is -2.21. The van der Waals surface area contributed by atoms with Gasteiger partial charge in [0.1, 0.15) is 0 Å². The molecule has 1 aromatic carbocycles. The van der Waals surface area contributed by atoms with Gasteiger partial charge < -0.3 is 22.8 Å². The van der Waals surface area contributed by atoms with Crippen molar-refractivity contribution in [2.45, 2.75) is 0 Å². The molecule has 26 heavy (non-hydrogen) atoms. The van der Waals surface area contributed by atoms with Crippen LogP contribution in [0.25, 0.3) is 0 Å². The molecular formula is C12H19N3O9P2. The van der Waals surface area contributed by atoms with E-state index in [4.69, 9.17) is 22.8 Å². The molecule has 14 heteroatoms. The van der Waals surface area contributed by atoms with Gasteiger partial charge in [0.15, 0.2) is 5.75 Å². The van der Waals surface area contributed by atoms with Crippen molar-refractivity contribution in [1.29, 1.82) is 0 Å². The second-order valence-corrected chi connectivity index (χ2v) is 9.04. The molecule has 0 radical (unpaired) electrons. The van der Waals surface area contributed by atoms with Crippen molar-refractivity contribution in [1.82, 2.24) is 0 Å². The van der Waals surface area contributed by atoms with Gasteiger partial charge in [-0.2, -0.15) is 5.10 Å². The van der Waals surface area contributed by atoms with Crippen LogP contribution in [0.3, 0.4) is 0 Å². The molecule has 0 aromatic heterocycles. The van der Waals surface area contributed by atoms with Crippen LogP contribution >= 0.6 is 15.2 Å². The Morgan fingerprint density at radius 3 is 1.92 bits per heavy atom. The van der Waals surface area contributed by atoms with Crippen molar-refractivity contribution < 1.29 is 36.9 Å². The van der Waals surface area contributed by atoms with Gasteiger partial charge >= 0.3 is 15.2 Å². The molecule has 0 aliphatic heterocycles. The van der Waals surface area contributed by atoms with E-state index in [9.17, 15) is 19.2 Å². The molecule has 12 nitrogen and oxygen atoms in total. The molecule has 0 saturated carbocycles. The van der Waals surface area contributed by atoms with E-state index in [1.807, 2.05) is 0 Å². The quantitative estimate of drug-likeness (QED) is 0.263. The molecule has 146 valence electrons. The number of methoxy groups -OCH3 is 1. The molecule has 0 saturated heterocycles. The monoisotopic (exact) mass is 411 g/mol. The number of hydrogen-bond donors (Lipinski definition) is 1. The minimum absolute atomic E-state index is 0.0663. The van der Waals surface area contributed by atoms with Gasteiger partial charge in [-0.3, -0.25) is 24.7 Å². The fourth-order valence-corrected chi connectivity index (χ4v) is 5.22. The highest BCUT2D eigenvalue weighted by atomic mass is 31.2. The van der Waals surface area contributed by atoms with Crippen molar-refractivity contribution in [3.05, 3.63) is 28.3 Å². The van der Waals surface area contributed by atoms with Crippen LogP contribution in [0.1, 0.15) is 0 Å². The van der Waals surface area contributed by atoms with E-state index in [1.54, 1.807) is 0 Å². The Morgan fingerprint density at radius 1 is 1.04 bits per heavy atom. The Kier molecular flexibility index (Phi) is 7.88. The van der Waals surface area contributed by atoms with Crippen LogP contribution in [-0.2, 0) is 27.2 Å². The van der Waals surface area contributed by atoms with Gasteiger partial charge in [-0.15, -0.1) is 0 Å². The number of hydrazone groups is 1.